The van der Waals surface area contributed by atoms with Crippen molar-refractivity contribution in [2.45, 2.75) is 178 Å². The van der Waals surface area contributed by atoms with Gasteiger partial charge in [-0.25, -0.2) is 0 Å². The number of aromatic hydroxyl groups is 1. The first-order valence-corrected chi connectivity index (χ1v) is 25.1. The van der Waals surface area contributed by atoms with Crippen LogP contribution in [-0.4, -0.2) is 72.9 Å². The van der Waals surface area contributed by atoms with Crippen LogP contribution >= 0.6 is 0 Å². The molecule has 2 aromatic rings. The van der Waals surface area contributed by atoms with Crippen LogP contribution in [0.5, 0.6) is 11.5 Å². The number of phenolic OH excluding ortho intramolecular Hbond substituents is 1. The molecule has 2 aromatic carbocycles. The Morgan fingerprint density at radius 1 is 0.567 bits per heavy atom. The van der Waals surface area contributed by atoms with Gasteiger partial charge >= 0.3 is 17.9 Å². The number of carbonyl (C=O) groups is 3. The van der Waals surface area contributed by atoms with Crippen LogP contribution in [0, 0.1) is 21.7 Å². The fourth-order valence-electron chi connectivity index (χ4n) is 9.71. The molecule has 0 amide bonds. The molecule has 0 saturated heterocycles. The third-order valence-electron chi connectivity index (χ3n) is 12.6. The predicted octanol–water partition coefficient (Wildman–Crippen LogP) is 13.8. The molecule has 0 bridgehead atoms. The summed E-state index contributed by atoms with van der Waals surface area (Å²) in [6.45, 7) is 23.1. The summed E-state index contributed by atoms with van der Waals surface area (Å²) in [5, 5.41) is 27.2. The van der Waals surface area contributed by atoms with Crippen LogP contribution in [0.2, 0.25) is 0 Å². The van der Waals surface area contributed by atoms with E-state index < -0.39 is 11.9 Å². The number of phenols is 1. The Balaban J connectivity index is 0.000000357. The molecule has 0 aliphatic carbocycles. The molecule has 0 fully saturated rings. The zero-order valence-corrected chi connectivity index (χ0v) is 42.7. The van der Waals surface area contributed by atoms with Crippen molar-refractivity contribution >= 4 is 29.4 Å². The van der Waals surface area contributed by atoms with Crippen molar-refractivity contribution in [3.8, 4) is 11.5 Å². The summed E-state index contributed by atoms with van der Waals surface area (Å²) in [4.78, 5) is 32.4. The molecular formula is C56H86O11. The smallest absolute Gasteiger partial charge is 0.308 e. The van der Waals surface area contributed by atoms with E-state index in [1.807, 2.05) is 30.3 Å². The zero-order chi connectivity index (χ0) is 49.5. The van der Waals surface area contributed by atoms with Crippen LogP contribution in [-0.2, 0) is 33.3 Å². The van der Waals surface area contributed by atoms with Crippen LogP contribution in [0.25, 0.3) is 11.5 Å². The lowest BCUT2D eigenvalue weighted by Crippen LogP contribution is -2.31. The first-order valence-electron chi connectivity index (χ1n) is 25.1. The largest absolute Gasteiger partial charge is 0.508 e. The normalized spacial score (nSPS) is 15.5. The average Bonchev–Trinajstić information content (AvgIpc) is 3.76. The number of hydrogen-bond donors (Lipinski definition) is 3. The molecule has 0 saturated carbocycles. The highest BCUT2D eigenvalue weighted by Crippen LogP contribution is 2.51. The Morgan fingerprint density at radius 3 is 1.33 bits per heavy atom. The van der Waals surface area contributed by atoms with Gasteiger partial charge < -0.3 is 39.0 Å². The van der Waals surface area contributed by atoms with Gasteiger partial charge in [-0.2, -0.15) is 0 Å². The van der Waals surface area contributed by atoms with Crippen molar-refractivity contribution in [1.82, 2.24) is 0 Å². The van der Waals surface area contributed by atoms with E-state index in [0.29, 0.717) is 38.6 Å². The van der Waals surface area contributed by atoms with E-state index in [2.05, 4.69) is 55.4 Å². The van der Waals surface area contributed by atoms with E-state index in [-0.39, 0.29) is 39.8 Å². The second kappa shape index (κ2) is 28.2. The molecule has 2 aliphatic heterocycles. The highest BCUT2D eigenvalue weighted by molar-refractivity contribution is 5.72. The summed E-state index contributed by atoms with van der Waals surface area (Å²) in [5.41, 5.74) is 3.73. The summed E-state index contributed by atoms with van der Waals surface area (Å²) in [7, 11) is 0. The fraction of sp³-hybridized carbons (Fsp3) is 0.661. The Bertz CT molecular complexity index is 1900. The fourth-order valence-corrected chi connectivity index (χ4v) is 9.71. The molecule has 11 heteroatoms. The highest BCUT2D eigenvalue weighted by Gasteiger charge is 2.45. The molecule has 0 spiro atoms. The maximum atomic E-state index is 11.4. The number of carbonyl (C=O) groups excluding carboxylic acids is 1. The van der Waals surface area contributed by atoms with Crippen LogP contribution in [0.15, 0.2) is 59.7 Å². The van der Waals surface area contributed by atoms with Crippen LogP contribution in [0.4, 0.5) is 0 Å². The molecule has 0 radical (unpaired) electrons. The zero-order valence-electron chi connectivity index (χ0n) is 42.7. The second-order valence-electron chi connectivity index (χ2n) is 21.2. The van der Waals surface area contributed by atoms with E-state index in [1.165, 1.54) is 63.0 Å². The maximum Gasteiger partial charge on any atom is 0.308 e. The van der Waals surface area contributed by atoms with E-state index in [4.69, 9.17) is 33.9 Å². The lowest BCUT2D eigenvalue weighted by atomic mass is 9.70. The molecule has 0 atom stereocenters. The Hall–Kier alpha value is -4.35. The average molecular weight is 935 g/mol. The second-order valence-corrected chi connectivity index (χ2v) is 21.2. The minimum Gasteiger partial charge on any atom is -0.508 e. The number of carboxylic acid groups (broad SMARTS) is 2. The van der Waals surface area contributed by atoms with Crippen molar-refractivity contribution in [3.63, 3.8) is 0 Å². The number of benzene rings is 2. The minimum absolute atomic E-state index is 0.0852. The minimum atomic E-state index is -0.696. The van der Waals surface area contributed by atoms with E-state index in [9.17, 15) is 19.5 Å². The number of aliphatic carboxylic acids is 2. The summed E-state index contributed by atoms with van der Waals surface area (Å²) >= 11 is 0. The number of esters is 1. The predicted molar refractivity (Wildman–Crippen MR) is 267 cm³/mol. The van der Waals surface area contributed by atoms with Gasteiger partial charge in [0.25, 0.3) is 0 Å². The van der Waals surface area contributed by atoms with E-state index in [0.717, 1.165) is 93.6 Å². The monoisotopic (exact) mass is 935 g/mol. The van der Waals surface area contributed by atoms with Gasteiger partial charge in [0.05, 0.1) is 26.4 Å². The quantitative estimate of drug-likeness (QED) is 0.0375. The molecule has 11 nitrogen and oxygen atoms in total. The summed E-state index contributed by atoms with van der Waals surface area (Å²) in [6, 6.07) is 14.8. The Labute approximate surface area is 403 Å². The molecule has 0 aromatic heterocycles. The summed E-state index contributed by atoms with van der Waals surface area (Å²) in [5.74, 6) is 0.779. The topological polar surface area (TPSA) is 158 Å². The van der Waals surface area contributed by atoms with Crippen LogP contribution < -0.4 is 4.74 Å². The standard InChI is InChI=1S/C29H44O6.C27H42O5/c1-22(30)35-24-16-14-15-23(19-24)26-27(29(4,5)21-34-26)28(2,3)20-33-18-13-11-9-7-6-8-10-12-17-25(31)32;1-26(2,19-31-17-12-10-8-6-5-7-9-11-16-23(29)30)25-24(32-20-27(25,3)4)21-14-13-15-22(28)18-21/h14-16,19H,6-13,17-18,20-21H2,1-5H3,(H,31,32);13-15,18,28H,5-12,16-17,19-20H2,1-4H3,(H,29,30). The maximum absolute atomic E-state index is 11.4. The van der Waals surface area contributed by atoms with Gasteiger partial charge in [-0.15, -0.1) is 0 Å². The molecule has 67 heavy (non-hydrogen) atoms. The van der Waals surface area contributed by atoms with Gasteiger partial charge in [-0.1, -0.05) is 157 Å². The lowest BCUT2D eigenvalue weighted by Gasteiger charge is -2.34. The number of ether oxygens (including phenoxy) is 5. The van der Waals surface area contributed by atoms with Crippen molar-refractivity contribution in [3.05, 3.63) is 70.8 Å². The molecular weight excluding hydrogens is 849 g/mol. The lowest BCUT2D eigenvalue weighted by molar-refractivity contribution is -0.138. The first-order chi connectivity index (χ1) is 31.7. The van der Waals surface area contributed by atoms with Crippen molar-refractivity contribution in [2.75, 3.05) is 39.6 Å². The van der Waals surface area contributed by atoms with Crippen LogP contribution in [0.1, 0.15) is 189 Å². The van der Waals surface area contributed by atoms with Crippen molar-refractivity contribution < 1.29 is 53.4 Å². The molecule has 4 rings (SSSR count). The molecule has 0 unspecified atom stereocenters. The summed E-state index contributed by atoms with van der Waals surface area (Å²) < 4.78 is 29.8. The number of hydrogen-bond acceptors (Lipinski definition) is 9. The van der Waals surface area contributed by atoms with Crippen LogP contribution in [0.3, 0.4) is 0 Å². The Morgan fingerprint density at radius 2 is 0.940 bits per heavy atom. The molecule has 2 heterocycles. The summed E-state index contributed by atoms with van der Waals surface area (Å²) in [6.07, 6.45) is 18.1. The highest BCUT2D eigenvalue weighted by atomic mass is 16.5. The number of rotatable bonds is 31. The van der Waals surface area contributed by atoms with Gasteiger partial charge in [0, 0.05) is 65.8 Å². The molecule has 2 aliphatic rings. The van der Waals surface area contributed by atoms with Gasteiger partial charge in [0.15, 0.2) is 0 Å². The molecule has 3 N–H and O–H groups in total. The molecule has 376 valence electrons. The number of carboxylic acids is 2. The third-order valence-corrected chi connectivity index (χ3v) is 12.6. The van der Waals surface area contributed by atoms with E-state index in [1.54, 1.807) is 18.2 Å². The number of unbranched alkanes of at least 4 members (excludes halogenated alkanes) is 14. The van der Waals surface area contributed by atoms with E-state index >= 15 is 0 Å². The van der Waals surface area contributed by atoms with Gasteiger partial charge in [0.1, 0.15) is 23.0 Å². The van der Waals surface area contributed by atoms with Gasteiger partial charge in [-0.3, -0.25) is 14.4 Å². The van der Waals surface area contributed by atoms with Gasteiger partial charge in [0.2, 0.25) is 0 Å². The SMILES string of the molecule is CC(=O)Oc1cccc(C2=C(C(C)(C)COCCCCCCCCCCC(=O)O)C(C)(C)CO2)c1.CC(C)(COCCCCCCCCCCC(=O)O)C1=C(c2cccc(O)c2)OCC1(C)C. The third kappa shape index (κ3) is 20.4. The first kappa shape index (κ1) is 57.0. The van der Waals surface area contributed by atoms with Crippen molar-refractivity contribution in [1.29, 1.82) is 0 Å². The van der Waals surface area contributed by atoms with Gasteiger partial charge in [-0.05, 0) is 61.1 Å². The van der Waals surface area contributed by atoms with Crippen molar-refractivity contribution in [2.24, 2.45) is 21.7 Å². The Kier molecular flexibility index (Phi) is 24.0.